The fraction of sp³-hybridized carbons (Fsp3) is 0.886. The van der Waals surface area contributed by atoms with E-state index in [1.54, 1.807) is 0 Å². The Kier molecular flexibility index (Phi) is 41.4. The molecule has 0 aromatic carbocycles. The smallest absolute Gasteiger partial charge is 0.475 e. The molecule has 0 aliphatic heterocycles. The third-order valence-corrected chi connectivity index (χ3v) is 11.1. The summed E-state index contributed by atoms with van der Waals surface area (Å²) in [4.78, 5) is 58.3. The van der Waals surface area contributed by atoms with Crippen LogP contribution in [0, 0.1) is 0 Å². The highest BCUT2D eigenvalue weighted by Crippen LogP contribution is 2.17. The first-order chi connectivity index (χ1) is 28.7. The molecule has 16 heteroatoms. The van der Waals surface area contributed by atoms with E-state index >= 15 is 0 Å². The Morgan fingerprint density at radius 2 is 1.00 bits per heavy atom. The summed E-state index contributed by atoms with van der Waals surface area (Å²) in [6.07, 6.45) is 26.8. The van der Waals surface area contributed by atoms with Crippen LogP contribution in [0.25, 0.3) is 0 Å². The summed E-state index contributed by atoms with van der Waals surface area (Å²) >= 11 is 1.29. The van der Waals surface area contributed by atoms with Crippen molar-refractivity contribution in [2.75, 3.05) is 31.8 Å². The largest absolute Gasteiger partial charge is 0.490 e. The van der Waals surface area contributed by atoms with Crippen molar-refractivity contribution in [3.63, 3.8) is 0 Å². The molecule has 0 saturated carbocycles. The minimum absolute atomic E-state index is 0.0506. The molecule has 60 heavy (non-hydrogen) atoms. The van der Waals surface area contributed by atoms with Crippen molar-refractivity contribution in [2.45, 2.75) is 218 Å². The molecule has 0 radical (unpaired) electrons. The van der Waals surface area contributed by atoms with E-state index in [0.29, 0.717) is 12.8 Å². The zero-order valence-electron chi connectivity index (χ0n) is 37.1. The van der Waals surface area contributed by atoms with Gasteiger partial charge in [0.2, 0.25) is 5.91 Å². The van der Waals surface area contributed by atoms with Crippen molar-refractivity contribution in [1.82, 2.24) is 5.32 Å². The number of ether oxygens (including phenoxy) is 3. The normalized spacial score (nSPS) is 12.7. The van der Waals surface area contributed by atoms with E-state index in [4.69, 9.17) is 25.1 Å². The number of carbonyl (C=O) groups is 5. The molecule has 0 aliphatic rings. The van der Waals surface area contributed by atoms with Gasteiger partial charge in [0.25, 0.3) is 0 Å². The summed E-state index contributed by atoms with van der Waals surface area (Å²) in [6, 6.07) is -2.17. The van der Waals surface area contributed by atoms with Gasteiger partial charge in [0.05, 0.1) is 19.8 Å². The van der Waals surface area contributed by atoms with Crippen LogP contribution < -0.4 is 11.1 Å². The molecule has 0 aromatic heterocycles. The van der Waals surface area contributed by atoms with Crippen molar-refractivity contribution in [3.8, 4) is 0 Å². The van der Waals surface area contributed by atoms with Crippen LogP contribution in [0.4, 0.5) is 13.2 Å². The molecule has 0 bridgehead atoms. The second-order valence-electron chi connectivity index (χ2n) is 15.5. The number of carboxylic acid groups (broad SMARTS) is 1. The topological polar surface area (TPSA) is 192 Å². The van der Waals surface area contributed by atoms with Crippen LogP contribution in [-0.2, 0) is 38.2 Å². The molecule has 0 unspecified atom stereocenters. The zero-order chi connectivity index (χ0) is 45.3. The number of aliphatic hydroxyl groups excluding tert-OH is 1. The summed E-state index contributed by atoms with van der Waals surface area (Å²) in [6.45, 7) is 3.84. The third-order valence-electron chi connectivity index (χ3n) is 9.86. The summed E-state index contributed by atoms with van der Waals surface area (Å²) in [5.41, 5.74) is 6.01. The van der Waals surface area contributed by atoms with Crippen LogP contribution in [-0.4, -0.2) is 96.2 Å². The van der Waals surface area contributed by atoms with E-state index in [2.05, 4.69) is 23.9 Å². The summed E-state index contributed by atoms with van der Waals surface area (Å²) in [5, 5.41) is 18.9. The maximum absolute atomic E-state index is 12.7. The number of nitrogens with one attached hydrogen (secondary N) is 1. The number of thioether (sulfide) groups is 1. The van der Waals surface area contributed by atoms with Gasteiger partial charge in [0.1, 0.15) is 12.7 Å². The lowest BCUT2D eigenvalue weighted by Crippen LogP contribution is -2.51. The van der Waals surface area contributed by atoms with Crippen molar-refractivity contribution in [3.05, 3.63) is 0 Å². The molecule has 5 N–H and O–H groups in total. The Balaban J connectivity index is 0. The Bertz CT molecular complexity index is 1090. The van der Waals surface area contributed by atoms with Crippen LogP contribution in [0.1, 0.15) is 194 Å². The minimum Gasteiger partial charge on any atom is -0.475 e. The molecule has 354 valence electrons. The Labute approximate surface area is 363 Å². The zero-order valence-corrected chi connectivity index (χ0v) is 38.0. The number of hydrogen-bond acceptors (Lipinski definition) is 11. The van der Waals surface area contributed by atoms with E-state index in [1.807, 2.05) is 0 Å². The number of esters is 3. The monoisotopic (exact) mass is 887 g/mol. The molecule has 1 amide bonds. The minimum atomic E-state index is -5.08. The lowest BCUT2D eigenvalue weighted by atomic mass is 10.0. The van der Waals surface area contributed by atoms with Gasteiger partial charge >= 0.3 is 30.1 Å². The number of halogens is 3. The van der Waals surface area contributed by atoms with Crippen LogP contribution in [0.15, 0.2) is 0 Å². The van der Waals surface area contributed by atoms with Crippen LogP contribution in [0.3, 0.4) is 0 Å². The lowest BCUT2D eigenvalue weighted by Gasteiger charge is -2.20. The molecule has 0 aliphatic carbocycles. The van der Waals surface area contributed by atoms with E-state index in [0.717, 1.165) is 38.5 Å². The van der Waals surface area contributed by atoms with Crippen molar-refractivity contribution < 1.29 is 61.6 Å². The number of carbonyl (C=O) groups excluding carboxylic acids is 4. The number of amides is 1. The van der Waals surface area contributed by atoms with Gasteiger partial charge in [-0.25, -0.2) is 9.59 Å². The average Bonchev–Trinajstić information content (AvgIpc) is 3.21. The van der Waals surface area contributed by atoms with Gasteiger partial charge in [0, 0.05) is 24.3 Å². The van der Waals surface area contributed by atoms with Gasteiger partial charge in [-0.1, -0.05) is 168 Å². The number of nitrogens with two attached hydrogens (primary N) is 1. The number of alkyl halides is 3. The predicted molar refractivity (Wildman–Crippen MR) is 231 cm³/mol. The standard InChI is InChI=1S/C42H80N2O8S.C2HF3O2/c1-4-6-8-10-12-14-16-18-20-22-24-26-28-30-39(46)51-33-36(34-53-35-37(43)41(48)44-38(32-45)42(49)50-3)52-40(47)31-29-27-25-23-21-19-17-15-13-11-9-7-5-2;3-2(4,5)1(6)7/h36-38,45H,4-35,43H2,1-3H3,(H,44,48);(H,6,7)/t36-,37+,38+;/m1./s1. The summed E-state index contributed by atoms with van der Waals surface area (Å²) < 4.78 is 47.6. The van der Waals surface area contributed by atoms with Crippen LogP contribution >= 0.6 is 11.8 Å². The van der Waals surface area contributed by atoms with Crippen molar-refractivity contribution in [2.24, 2.45) is 5.73 Å². The van der Waals surface area contributed by atoms with Gasteiger partial charge in [-0.05, 0) is 12.8 Å². The van der Waals surface area contributed by atoms with E-state index in [-0.39, 0.29) is 30.1 Å². The lowest BCUT2D eigenvalue weighted by molar-refractivity contribution is -0.192. The van der Waals surface area contributed by atoms with Gasteiger partial charge in [-0.15, -0.1) is 0 Å². The predicted octanol–water partition coefficient (Wildman–Crippen LogP) is 9.75. The number of rotatable bonds is 39. The summed E-state index contributed by atoms with van der Waals surface area (Å²) in [7, 11) is 1.17. The van der Waals surface area contributed by atoms with Gasteiger partial charge < -0.3 is 35.5 Å². The number of carboxylic acids is 1. The Morgan fingerprint density at radius 3 is 1.35 bits per heavy atom. The number of aliphatic carboxylic acids is 1. The highest BCUT2D eigenvalue weighted by Gasteiger charge is 2.38. The number of unbranched alkanes of at least 4 members (excludes halogenated alkanes) is 24. The fourth-order valence-corrected chi connectivity index (χ4v) is 7.16. The molecular weight excluding hydrogens is 806 g/mol. The molecule has 12 nitrogen and oxygen atoms in total. The molecular formula is C44H81F3N2O10S. The first-order valence-electron chi connectivity index (χ1n) is 22.7. The number of hydrogen-bond donors (Lipinski definition) is 4. The first kappa shape index (κ1) is 59.5. The Hall–Kier alpha value is -2.59. The van der Waals surface area contributed by atoms with Crippen molar-refractivity contribution in [1.29, 1.82) is 0 Å². The molecule has 3 atom stereocenters. The maximum atomic E-state index is 12.7. The second kappa shape index (κ2) is 41.7. The van der Waals surface area contributed by atoms with Gasteiger partial charge in [-0.2, -0.15) is 24.9 Å². The second-order valence-corrected chi connectivity index (χ2v) is 16.6. The highest BCUT2D eigenvalue weighted by molar-refractivity contribution is 7.99. The quantitative estimate of drug-likeness (QED) is 0.0260. The van der Waals surface area contributed by atoms with Crippen LogP contribution in [0.2, 0.25) is 0 Å². The molecule has 0 fully saturated rings. The highest BCUT2D eigenvalue weighted by atomic mass is 32.2. The number of aliphatic hydroxyl groups is 1. The molecule has 0 spiro atoms. The van der Waals surface area contributed by atoms with Crippen molar-refractivity contribution >= 4 is 41.5 Å². The van der Waals surface area contributed by atoms with Gasteiger partial charge in [0.15, 0.2) is 6.04 Å². The first-order valence-corrected chi connectivity index (χ1v) is 23.9. The Morgan fingerprint density at radius 1 is 0.633 bits per heavy atom. The van der Waals surface area contributed by atoms with E-state index < -0.39 is 48.8 Å². The van der Waals surface area contributed by atoms with E-state index in [1.165, 1.54) is 147 Å². The summed E-state index contributed by atoms with van der Waals surface area (Å²) in [5.74, 6) is -4.30. The average molecular weight is 887 g/mol. The third kappa shape index (κ3) is 39.5. The molecule has 0 aromatic rings. The van der Waals surface area contributed by atoms with Gasteiger partial charge in [-0.3, -0.25) is 14.4 Å². The maximum Gasteiger partial charge on any atom is 0.490 e. The SMILES string of the molecule is CCCCCCCCCCCCCCCC(=O)OC[C@H](CSC[C@H](N)C(=O)N[C@@H](CO)C(=O)OC)OC(=O)CCCCCCCCCCCCCCC.O=C(O)C(F)(F)F. The molecule has 0 heterocycles. The number of methoxy groups -OCH3 is 1. The molecule has 0 saturated heterocycles. The fourth-order valence-electron chi connectivity index (χ4n) is 6.20. The molecule has 0 rings (SSSR count). The van der Waals surface area contributed by atoms with E-state index in [9.17, 15) is 37.5 Å². The van der Waals surface area contributed by atoms with Crippen LogP contribution in [0.5, 0.6) is 0 Å².